The van der Waals surface area contributed by atoms with Crippen LogP contribution in [0.4, 0.5) is 9.18 Å². The van der Waals surface area contributed by atoms with E-state index in [-0.39, 0.29) is 12.2 Å². The van der Waals surface area contributed by atoms with Crippen molar-refractivity contribution >= 4 is 6.09 Å². The van der Waals surface area contributed by atoms with Gasteiger partial charge in [-0.1, -0.05) is 49.6 Å². The van der Waals surface area contributed by atoms with E-state index >= 15 is 0 Å². The van der Waals surface area contributed by atoms with Crippen LogP contribution >= 0.6 is 0 Å². The highest BCUT2D eigenvalue weighted by Crippen LogP contribution is 2.14. The van der Waals surface area contributed by atoms with E-state index in [2.05, 4.69) is 18.6 Å². The molecule has 5 heteroatoms. The number of nitrogens with one attached hydrogen (secondary N) is 1. The molecule has 0 unspecified atom stereocenters. The predicted octanol–water partition coefficient (Wildman–Crippen LogP) is 4.48. The number of allylic oxidation sites excluding steroid dienone is 3. The Morgan fingerprint density at radius 2 is 1.96 bits per heavy atom. The highest BCUT2D eigenvalue weighted by molar-refractivity contribution is 5.68. The molecule has 0 aromatic heterocycles. The first-order valence-corrected chi connectivity index (χ1v) is 7.21. The number of carbonyl (C=O) groups is 1. The molecule has 1 aromatic rings. The number of amides is 1. The van der Waals surface area contributed by atoms with E-state index in [1.807, 2.05) is 30.3 Å². The fourth-order valence-electron chi connectivity index (χ4n) is 1.68. The zero-order valence-corrected chi connectivity index (χ0v) is 13.8. The molecule has 0 bridgehead atoms. The Hall–Kier alpha value is -2.56. The molecule has 4 nitrogen and oxygen atoms in total. The van der Waals surface area contributed by atoms with Crippen molar-refractivity contribution < 1.29 is 13.9 Å². The van der Waals surface area contributed by atoms with Crippen molar-refractivity contribution in [2.45, 2.75) is 32.9 Å². The average molecular weight is 318 g/mol. The zero-order valence-electron chi connectivity index (χ0n) is 13.8. The number of nitrogens with zero attached hydrogens (tertiary/aromatic N) is 1. The second-order valence-electron chi connectivity index (χ2n) is 5.88. The molecular weight excluding hydrogens is 295 g/mol. The van der Waals surface area contributed by atoms with Crippen molar-refractivity contribution in [2.24, 2.45) is 0 Å². The van der Waals surface area contributed by atoms with E-state index in [9.17, 15) is 9.18 Å². The minimum atomic E-state index is -0.702. The van der Waals surface area contributed by atoms with E-state index in [1.165, 1.54) is 17.2 Å². The number of rotatable bonds is 6. The Morgan fingerprint density at radius 1 is 1.35 bits per heavy atom. The molecule has 0 aliphatic carbocycles. The summed E-state index contributed by atoms with van der Waals surface area (Å²) in [5, 5.41) is 1.20. The maximum absolute atomic E-state index is 13.5. The Kier molecular flexibility index (Phi) is 6.57. The number of hydrogen-bond acceptors (Lipinski definition) is 3. The van der Waals surface area contributed by atoms with E-state index in [0.29, 0.717) is 0 Å². The maximum atomic E-state index is 13.5. The van der Waals surface area contributed by atoms with Crippen LogP contribution in [0, 0.1) is 0 Å². The minimum absolute atomic E-state index is 0.0433. The number of ether oxygens (including phenoxy) is 1. The second-order valence-corrected chi connectivity index (χ2v) is 5.88. The smallest absolute Gasteiger partial charge is 0.429 e. The van der Waals surface area contributed by atoms with E-state index in [0.717, 1.165) is 5.56 Å². The third kappa shape index (κ3) is 6.82. The highest BCUT2D eigenvalue weighted by Gasteiger charge is 2.23. The van der Waals surface area contributed by atoms with Crippen LogP contribution in [-0.2, 0) is 11.3 Å². The van der Waals surface area contributed by atoms with Gasteiger partial charge >= 0.3 is 6.09 Å². The topological polar surface area (TPSA) is 41.6 Å². The summed E-state index contributed by atoms with van der Waals surface area (Å²) in [6.45, 7) is 12.3. The van der Waals surface area contributed by atoms with Gasteiger partial charge in [0.05, 0.1) is 12.2 Å². The lowest BCUT2D eigenvalue weighted by molar-refractivity contribution is 0.0146. The van der Waals surface area contributed by atoms with Gasteiger partial charge in [-0.2, -0.15) is 0 Å². The molecule has 0 fully saturated rings. The van der Waals surface area contributed by atoms with Crippen molar-refractivity contribution in [1.29, 1.82) is 0 Å². The molecule has 0 atom stereocenters. The third-order valence-corrected chi connectivity index (χ3v) is 2.63. The first-order chi connectivity index (χ1) is 10.7. The minimum Gasteiger partial charge on any atom is -0.442 e. The summed E-state index contributed by atoms with van der Waals surface area (Å²) in [7, 11) is 0. The lowest BCUT2D eigenvalue weighted by Crippen LogP contribution is -2.44. The number of halogens is 1. The van der Waals surface area contributed by atoms with Crippen molar-refractivity contribution in [1.82, 2.24) is 10.4 Å². The van der Waals surface area contributed by atoms with Gasteiger partial charge in [-0.15, -0.1) is 0 Å². The van der Waals surface area contributed by atoms with Gasteiger partial charge in [0.15, 0.2) is 0 Å². The van der Waals surface area contributed by atoms with Crippen LogP contribution in [0.5, 0.6) is 0 Å². The summed E-state index contributed by atoms with van der Waals surface area (Å²) in [6.07, 6.45) is 2.19. The molecule has 0 saturated heterocycles. The first kappa shape index (κ1) is 18.5. The molecule has 0 aliphatic rings. The molecule has 1 N–H and O–H groups in total. The number of benzene rings is 1. The summed E-state index contributed by atoms with van der Waals surface area (Å²) < 4.78 is 18.9. The van der Waals surface area contributed by atoms with Crippen LogP contribution < -0.4 is 5.43 Å². The number of carbonyl (C=O) groups excluding carboxylic acids is 1. The molecule has 1 rings (SSSR count). The molecule has 1 amide bonds. The largest absolute Gasteiger partial charge is 0.442 e. The normalized spacial score (nSPS) is 11.6. The number of hydrazine groups is 1. The molecule has 23 heavy (non-hydrogen) atoms. The fourth-order valence-corrected chi connectivity index (χ4v) is 1.68. The Labute approximate surface area is 136 Å². The van der Waals surface area contributed by atoms with Crippen LogP contribution in [-0.4, -0.2) is 16.7 Å². The molecule has 0 saturated carbocycles. The van der Waals surface area contributed by atoms with Gasteiger partial charge in [-0.3, -0.25) is 5.43 Å². The van der Waals surface area contributed by atoms with Gasteiger partial charge in [0.25, 0.3) is 0 Å². The Bertz CT molecular complexity index is 589. The van der Waals surface area contributed by atoms with Crippen molar-refractivity contribution in [2.75, 3.05) is 0 Å². The SMILES string of the molecule is C=C/C=C(/NN(Cc1ccccc1)C(=O)OC(C)(C)C)C(=C)F. The van der Waals surface area contributed by atoms with Crippen molar-refractivity contribution in [3.63, 3.8) is 0 Å². The molecular formula is C18H23FN2O2. The van der Waals surface area contributed by atoms with Crippen LogP contribution in [0.3, 0.4) is 0 Å². The lowest BCUT2D eigenvalue weighted by Gasteiger charge is -2.28. The third-order valence-electron chi connectivity index (χ3n) is 2.63. The molecule has 0 spiro atoms. The molecule has 0 radical (unpaired) electrons. The van der Waals surface area contributed by atoms with E-state index in [1.54, 1.807) is 20.8 Å². The van der Waals surface area contributed by atoms with Crippen LogP contribution in [0.1, 0.15) is 26.3 Å². The van der Waals surface area contributed by atoms with Gasteiger partial charge in [0, 0.05) is 0 Å². The summed E-state index contributed by atoms with van der Waals surface area (Å²) in [5.74, 6) is -0.702. The monoisotopic (exact) mass is 318 g/mol. The first-order valence-electron chi connectivity index (χ1n) is 7.21. The van der Waals surface area contributed by atoms with Gasteiger partial charge < -0.3 is 4.74 Å². The standard InChI is InChI=1S/C18H23FN2O2/c1-6-10-16(14(2)19)20-21(17(22)23-18(3,4)5)13-15-11-8-7-9-12-15/h6-12,20H,1-2,13H2,3-5H3/b16-10+. The molecule has 124 valence electrons. The summed E-state index contributed by atoms with van der Waals surface area (Å²) >= 11 is 0. The van der Waals surface area contributed by atoms with Crippen LogP contribution in [0.25, 0.3) is 0 Å². The van der Waals surface area contributed by atoms with Gasteiger partial charge in [0.1, 0.15) is 11.4 Å². The summed E-state index contributed by atoms with van der Waals surface area (Å²) in [5.41, 5.74) is 2.95. The van der Waals surface area contributed by atoms with Crippen molar-refractivity contribution in [3.8, 4) is 0 Å². The van der Waals surface area contributed by atoms with Gasteiger partial charge in [-0.05, 0) is 32.4 Å². The number of hydrogen-bond donors (Lipinski definition) is 1. The van der Waals surface area contributed by atoms with Gasteiger partial charge in [0.2, 0.25) is 0 Å². The quantitative estimate of drug-likeness (QED) is 0.621. The van der Waals surface area contributed by atoms with E-state index in [4.69, 9.17) is 4.74 Å². The Balaban J connectivity index is 3.00. The molecule has 1 aromatic carbocycles. The van der Waals surface area contributed by atoms with E-state index < -0.39 is 17.5 Å². The Morgan fingerprint density at radius 3 is 2.43 bits per heavy atom. The second kappa shape index (κ2) is 8.17. The zero-order chi connectivity index (χ0) is 17.5. The lowest BCUT2D eigenvalue weighted by atomic mass is 10.2. The predicted molar refractivity (Wildman–Crippen MR) is 89.9 cm³/mol. The molecule has 0 aliphatic heterocycles. The highest BCUT2D eigenvalue weighted by atomic mass is 19.1. The van der Waals surface area contributed by atoms with Crippen molar-refractivity contribution in [3.05, 3.63) is 72.7 Å². The molecule has 0 heterocycles. The fraction of sp³-hybridized carbons (Fsp3) is 0.278. The maximum Gasteiger partial charge on any atom is 0.429 e. The van der Waals surface area contributed by atoms with Crippen LogP contribution in [0.2, 0.25) is 0 Å². The van der Waals surface area contributed by atoms with Crippen LogP contribution in [0.15, 0.2) is 67.2 Å². The van der Waals surface area contributed by atoms with Gasteiger partial charge in [-0.25, -0.2) is 14.2 Å². The average Bonchev–Trinajstić information content (AvgIpc) is 2.45. The summed E-state index contributed by atoms with van der Waals surface area (Å²) in [6, 6.07) is 9.32. The summed E-state index contributed by atoms with van der Waals surface area (Å²) in [4.78, 5) is 12.4.